The third-order valence-corrected chi connectivity index (χ3v) is 12.2. The smallest absolute Gasteiger partial charge is 0.306 e. The summed E-state index contributed by atoms with van der Waals surface area (Å²) in [5.41, 5.74) is 0. The van der Waals surface area contributed by atoms with E-state index in [1.165, 1.54) is 0 Å². The SMILES string of the molecule is CC/C=C\C/C=C\C/C=C\C/C=C\C/C=C\C/C=C\C/C=C\CCCCCC(=O)OCC(COC(=O)CC/C=C\C/C=C\C/C=C\C/C=C\C/C=C\C/C=C\CC)OC(=O)CCCC/C=C\C/C=C\C/C=C\C/C=C\C/C=C\C/C=C\CC. The summed E-state index contributed by atoms with van der Waals surface area (Å²) in [6.07, 6.45) is 108. The summed E-state index contributed by atoms with van der Waals surface area (Å²) in [6, 6.07) is 0. The fourth-order valence-corrected chi connectivity index (χ4v) is 7.51. The Morgan fingerprint density at radius 3 is 0.747 bits per heavy atom. The topological polar surface area (TPSA) is 78.9 Å². The van der Waals surface area contributed by atoms with Gasteiger partial charge in [0.1, 0.15) is 13.2 Å². The standard InChI is InChI=1S/C77H112O6/c1-4-7-10-13-16-19-22-25-28-31-34-36-37-38-39-41-43-46-49-52-55-58-61-64-67-70-76(79)82-73-74(72-81-75(78)69-66-63-60-57-54-51-48-45-42-33-30-27-24-21-18-15-12-9-6-3)83-77(80)71-68-65-62-59-56-53-50-47-44-40-35-32-29-26-23-20-17-14-11-8-5-2/h7-12,16-21,25-30,34-36,38-40,42-43,45-47,50-52,54-56,59-60,63,74H,4-6,13-15,22-24,31-33,37,41,44,48-49,53,57-58,61-62,64-73H2,1-3H3/b10-7-,11-8-,12-9-,19-16-,20-17-,21-18-,28-25-,29-26-,30-27-,36-34-,39-38-,40-35-,45-42-,46-43-,50-47-,54-51-,55-52-,59-56-,63-60-. The van der Waals surface area contributed by atoms with Crippen molar-refractivity contribution in [2.75, 3.05) is 13.2 Å². The van der Waals surface area contributed by atoms with Crippen molar-refractivity contribution in [1.82, 2.24) is 0 Å². The Kier molecular flexibility index (Phi) is 62.6. The minimum atomic E-state index is -0.865. The Morgan fingerprint density at radius 2 is 0.458 bits per heavy atom. The lowest BCUT2D eigenvalue weighted by atomic mass is 10.1. The number of allylic oxidation sites excluding steroid dienone is 38. The van der Waals surface area contributed by atoms with E-state index in [9.17, 15) is 14.4 Å². The molecule has 0 aliphatic heterocycles. The largest absolute Gasteiger partial charge is 0.462 e. The zero-order chi connectivity index (χ0) is 59.9. The van der Waals surface area contributed by atoms with Crippen molar-refractivity contribution in [1.29, 1.82) is 0 Å². The fourth-order valence-electron chi connectivity index (χ4n) is 7.51. The molecule has 0 heterocycles. The van der Waals surface area contributed by atoms with Gasteiger partial charge in [0.05, 0.1) is 0 Å². The van der Waals surface area contributed by atoms with Crippen LogP contribution in [-0.4, -0.2) is 37.2 Å². The first-order valence-electron chi connectivity index (χ1n) is 31.9. The molecule has 0 aliphatic carbocycles. The average molecular weight is 1130 g/mol. The molecule has 0 amide bonds. The second-order valence-electron chi connectivity index (χ2n) is 19.8. The molecule has 0 rings (SSSR count). The third kappa shape index (κ3) is 66.2. The van der Waals surface area contributed by atoms with Gasteiger partial charge < -0.3 is 14.2 Å². The van der Waals surface area contributed by atoms with Crippen molar-refractivity contribution < 1.29 is 28.6 Å². The molecule has 0 aliphatic rings. The molecule has 0 N–H and O–H groups in total. The second kappa shape index (κ2) is 68.0. The summed E-state index contributed by atoms with van der Waals surface area (Å²) >= 11 is 0. The molecule has 0 saturated carbocycles. The summed E-state index contributed by atoms with van der Waals surface area (Å²) in [6.45, 7) is 6.14. The molecule has 0 radical (unpaired) electrons. The van der Waals surface area contributed by atoms with Gasteiger partial charge in [-0.1, -0.05) is 258 Å². The van der Waals surface area contributed by atoms with Crippen LogP contribution in [0.1, 0.15) is 213 Å². The highest BCUT2D eigenvalue weighted by Gasteiger charge is 2.19. The van der Waals surface area contributed by atoms with Gasteiger partial charge in [0.2, 0.25) is 0 Å². The minimum Gasteiger partial charge on any atom is -0.462 e. The molecule has 83 heavy (non-hydrogen) atoms. The van der Waals surface area contributed by atoms with Gasteiger partial charge >= 0.3 is 17.9 Å². The predicted octanol–water partition coefficient (Wildman–Crippen LogP) is 22.3. The van der Waals surface area contributed by atoms with E-state index >= 15 is 0 Å². The normalized spacial score (nSPS) is 13.7. The number of carbonyl (C=O) groups excluding carboxylic acids is 3. The van der Waals surface area contributed by atoms with Gasteiger partial charge in [-0.2, -0.15) is 0 Å². The van der Waals surface area contributed by atoms with Gasteiger partial charge in [0, 0.05) is 19.3 Å². The molecular weight excluding hydrogens is 1020 g/mol. The monoisotopic (exact) mass is 1130 g/mol. The highest BCUT2D eigenvalue weighted by atomic mass is 16.6. The lowest BCUT2D eigenvalue weighted by molar-refractivity contribution is -0.166. The molecule has 456 valence electrons. The molecule has 1 unspecified atom stereocenters. The zero-order valence-corrected chi connectivity index (χ0v) is 52.1. The van der Waals surface area contributed by atoms with Crippen LogP contribution in [0.2, 0.25) is 0 Å². The fraction of sp³-hybridized carbons (Fsp3) is 0.468. The van der Waals surface area contributed by atoms with Crippen LogP contribution in [0.3, 0.4) is 0 Å². The Balaban J connectivity index is 4.69. The van der Waals surface area contributed by atoms with Gasteiger partial charge in [-0.15, -0.1) is 0 Å². The van der Waals surface area contributed by atoms with E-state index in [2.05, 4.69) is 240 Å². The van der Waals surface area contributed by atoms with Crippen LogP contribution in [0, 0.1) is 0 Å². The molecule has 0 aromatic heterocycles. The first kappa shape index (κ1) is 76.5. The number of esters is 3. The molecule has 0 saturated heterocycles. The summed E-state index contributed by atoms with van der Waals surface area (Å²) in [7, 11) is 0. The van der Waals surface area contributed by atoms with Crippen LogP contribution >= 0.6 is 0 Å². The quantitative estimate of drug-likeness (QED) is 0.0261. The maximum absolute atomic E-state index is 12.9. The van der Waals surface area contributed by atoms with E-state index < -0.39 is 12.1 Å². The highest BCUT2D eigenvalue weighted by molar-refractivity contribution is 5.71. The van der Waals surface area contributed by atoms with Crippen LogP contribution in [-0.2, 0) is 28.6 Å². The van der Waals surface area contributed by atoms with Crippen molar-refractivity contribution >= 4 is 17.9 Å². The lowest BCUT2D eigenvalue weighted by Gasteiger charge is -2.18. The minimum absolute atomic E-state index is 0.152. The van der Waals surface area contributed by atoms with Crippen molar-refractivity contribution in [3.63, 3.8) is 0 Å². The Labute approximate surface area is 507 Å². The number of hydrogen-bond acceptors (Lipinski definition) is 6. The van der Waals surface area contributed by atoms with E-state index in [4.69, 9.17) is 14.2 Å². The summed E-state index contributed by atoms with van der Waals surface area (Å²) in [5, 5.41) is 0. The van der Waals surface area contributed by atoms with E-state index in [0.717, 1.165) is 154 Å². The van der Waals surface area contributed by atoms with Gasteiger partial charge in [0.25, 0.3) is 0 Å². The van der Waals surface area contributed by atoms with Crippen LogP contribution in [0.5, 0.6) is 0 Å². The Hall–Kier alpha value is -6.53. The highest BCUT2D eigenvalue weighted by Crippen LogP contribution is 2.10. The van der Waals surface area contributed by atoms with E-state index in [1.54, 1.807) is 0 Å². The van der Waals surface area contributed by atoms with Crippen molar-refractivity contribution in [3.05, 3.63) is 231 Å². The summed E-state index contributed by atoms with van der Waals surface area (Å²) in [5.74, 6) is -1.13. The van der Waals surface area contributed by atoms with E-state index in [-0.39, 0.29) is 44.4 Å². The predicted molar refractivity (Wildman–Crippen MR) is 361 cm³/mol. The zero-order valence-electron chi connectivity index (χ0n) is 52.1. The first-order chi connectivity index (χ1) is 41.0. The number of hydrogen-bond donors (Lipinski definition) is 0. The molecular formula is C77H112O6. The number of ether oxygens (including phenoxy) is 3. The Bertz CT molecular complexity index is 2130. The second-order valence-corrected chi connectivity index (χ2v) is 19.8. The number of rotatable bonds is 54. The maximum Gasteiger partial charge on any atom is 0.306 e. The van der Waals surface area contributed by atoms with Crippen LogP contribution < -0.4 is 0 Å². The molecule has 1 atom stereocenters. The van der Waals surface area contributed by atoms with Gasteiger partial charge in [0.15, 0.2) is 6.10 Å². The van der Waals surface area contributed by atoms with Gasteiger partial charge in [-0.05, 0) is 167 Å². The van der Waals surface area contributed by atoms with Gasteiger partial charge in [-0.3, -0.25) is 14.4 Å². The summed E-state index contributed by atoms with van der Waals surface area (Å²) < 4.78 is 16.8. The molecule has 0 aromatic rings. The van der Waals surface area contributed by atoms with E-state index in [0.29, 0.717) is 19.3 Å². The number of unbranched alkanes of at least 4 members (excludes halogenated alkanes) is 5. The lowest BCUT2D eigenvalue weighted by Crippen LogP contribution is -2.30. The molecule has 6 heteroatoms. The van der Waals surface area contributed by atoms with Crippen molar-refractivity contribution in [2.24, 2.45) is 0 Å². The van der Waals surface area contributed by atoms with E-state index in [1.807, 2.05) is 12.2 Å². The van der Waals surface area contributed by atoms with Crippen LogP contribution in [0.4, 0.5) is 0 Å². The molecule has 0 bridgehead atoms. The van der Waals surface area contributed by atoms with Gasteiger partial charge in [-0.25, -0.2) is 0 Å². The van der Waals surface area contributed by atoms with Crippen molar-refractivity contribution in [3.8, 4) is 0 Å². The number of carbonyl (C=O) groups is 3. The molecule has 0 spiro atoms. The summed E-state index contributed by atoms with van der Waals surface area (Å²) in [4.78, 5) is 38.3. The maximum atomic E-state index is 12.9. The third-order valence-electron chi connectivity index (χ3n) is 12.2. The van der Waals surface area contributed by atoms with Crippen LogP contribution in [0.15, 0.2) is 231 Å². The van der Waals surface area contributed by atoms with Crippen LogP contribution in [0.25, 0.3) is 0 Å². The molecule has 0 aromatic carbocycles. The first-order valence-corrected chi connectivity index (χ1v) is 31.9. The molecule has 0 fully saturated rings. The average Bonchev–Trinajstić information content (AvgIpc) is 3.50. The van der Waals surface area contributed by atoms with Crippen molar-refractivity contribution in [2.45, 2.75) is 219 Å². The Morgan fingerprint density at radius 1 is 0.241 bits per heavy atom. The molecule has 6 nitrogen and oxygen atoms in total.